The third kappa shape index (κ3) is 2.39. The van der Waals surface area contributed by atoms with E-state index < -0.39 is 0 Å². The minimum atomic E-state index is 0.465. The van der Waals surface area contributed by atoms with E-state index in [0.717, 1.165) is 12.5 Å². The fourth-order valence-corrected chi connectivity index (χ4v) is 3.39. The maximum absolute atomic E-state index is 5.86. The van der Waals surface area contributed by atoms with Crippen molar-refractivity contribution in [2.45, 2.75) is 44.6 Å². The molecule has 1 aromatic rings. The number of anilines is 1. The normalized spacial score (nSPS) is 26.3. The molecule has 1 aromatic carbocycles. The summed E-state index contributed by atoms with van der Waals surface area (Å²) in [6.07, 6.45) is 7.67. The number of nitrogens with two attached hydrogens (primary N) is 1. The van der Waals surface area contributed by atoms with E-state index in [4.69, 9.17) is 5.73 Å². The Hall–Kier alpha value is -1.02. The highest BCUT2D eigenvalue weighted by atomic mass is 15.1. The van der Waals surface area contributed by atoms with Gasteiger partial charge in [-0.3, -0.25) is 0 Å². The Labute approximate surface area is 110 Å². The van der Waals surface area contributed by atoms with Crippen molar-refractivity contribution in [1.29, 1.82) is 0 Å². The second-order valence-corrected chi connectivity index (χ2v) is 6.14. The summed E-state index contributed by atoms with van der Waals surface area (Å²) in [4.78, 5) is 2.41. The first kappa shape index (κ1) is 12.0. The van der Waals surface area contributed by atoms with Crippen molar-refractivity contribution in [2.24, 2.45) is 11.7 Å². The largest absolute Gasteiger partial charge is 0.374 e. The highest BCUT2D eigenvalue weighted by molar-refractivity contribution is 5.51. The second-order valence-electron chi connectivity index (χ2n) is 6.14. The highest BCUT2D eigenvalue weighted by Gasteiger charge is 2.26. The average Bonchev–Trinajstić information content (AvgIpc) is 2.36. The van der Waals surface area contributed by atoms with E-state index in [9.17, 15) is 0 Å². The number of aryl methyl sites for hydroxylation is 2. The van der Waals surface area contributed by atoms with Gasteiger partial charge in [-0.2, -0.15) is 0 Å². The van der Waals surface area contributed by atoms with Gasteiger partial charge in [-0.05, 0) is 67.7 Å². The quantitative estimate of drug-likeness (QED) is 0.886. The fraction of sp³-hybridized carbons (Fsp3) is 0.625. The van der Waals surface area contributed by atoms with E-state index in [1.54, 1.807) is 11.1 Å². The van der Waals surface area contributed by atoms with Gasteiger partial charge < -0.3 is 10.6 Å². The summed E-state index contributed by atoms with van der Waals surface area (Å²) in [6, 6.07) is 7.51. The smallest absolute Gasteiger partial charge is 0.0366 e. The van der Waals surface area contributed by atoms with Gasteiger partial charge >= 0.3 is 0 Å². The Morgan fingerprint density at radius 3 is 2.61 bits per heavy atom. The van der Waals surface area contributed by atoms with Crippen LogP contribution in [0.3, 0.4) is 0 Å². The highest BCUT2D eigenvalue weighted by Crippen LogP contribution is 2.30. The molecule has 0 aromatic heterocycles. The molecule has 0 bridgehead atoms. The Kier molecular flexibility index (Phi) is 3.29. The number of hydrogen-bond acceptors (Lipinski definition) is 2. The van der Waals surface area contributed by atoms with Gasteiger partial charge in [-0.25, -0.2) is 0 Å². The maximum atomic E-state index is 5.86. The molecule has 0 amide bonds. The summed E-state index contributed by atoms with van der Waals surface area (Å²) in [5.41, 5.74) is 10.4. The minimum absolute atomic E-state index is 0.465. The molecule has 0 atom stereocenters. The third-order valence-electron chi connectivity index (χ3n) is 4.58. The van der Waals surface area contributed by atoms with Gasteiger partial charge in [0.05, 0.1) is 0 Å². The zero-order valence-electron chi connectivity index (χ0n) is 11.4. The molecule has 98 valence electrons. The van der Waals surface area contributed by atoms with Crippen LogP contribution in [0.1, 0.15) is 36.8 Å². The Morgan fingerprint density at radius 2 is 1.89 bits per heavy atom. The van der Waals surface area contributed by atoms with Crippen molar-refractivity contribution in [1.82, 2.24) is 0 Å². The predicted molar refractivity (Wildman–Crippen MR) is 77.1 cm³/mol. The van der Waals surface area contributed by atoms with Crippen LogP contribution in [0, 0.1) is 5.92 Å². The van der Waals surface area contributed by atoms with Crippen molar-refractivity contribution in [3.63, 3.8) is 0 Å². The van der Waals surface area contributed by atoms with E-state index in [2.05, 4.69) is 30.1 Å². The van der Waals surface area contributed by atoms with E-state index in [0.29, 0.717) is 6.04 Å². The zero-order valence-corrected chi connectivity index (χ0v) is 11.4. The van der Waals surface area contributed by atoms with Crippen molar-refractivity contribution >= 4 is 5.69 Å². The van der Waals surface area contributed by atoms with Crippen LogP contribution < -0.4 is 10.6 Å². The van der Waals surface area contributed by atoms with Crippen LogP contribution in [0.4, 0.5) is 5.69 Å². The lowest BCUT2D eigenvalue weighted by molar-refractivity contribution is 0.271. The molecule has 1 fully saturated rings. The first-order valence-electron chi connectivity index (χ1n) is 7.31. The van der Waals surface area contributed by atoms with Gasteiger partial charge in [-0.15, -0.1) is 0 Å². The number of hydrogen-bond donors (Lipinski definition) is 1. The van der Waals surface area contributed by atoms with Gasteiger partial charge in [0.25, 0.3) is 0 Å². The van der Waals surface area contributed by atoms with Crippen LogP contribution in [0.5, 0.6) is 0 Å². The topological polar surface area (TPSA) is 29.3 Å². The summed E-state index contributed by atoms with van der Waals surface area (Å²) in [7, 11) is 2.22. The van der Waals surface area contributed by atoms with E-state index in [1.807, 2.05) is 0 Å². The summed E-state index contributed by atoms with van der Waals surface area (Å²) < 4.78 is 0. The Balaban J connectivity index is 1.67. The van der Waals surface area contributed by atoms with Crippen molar-refractivity contribution in [2.75, 3.05) is 18.5 Å². The van der Waals surface area contributed by atoms with E-state index in [-0.39, 0.29) is 0 Å². The summed E-state index contributed by atoms with van der Waals surface area (Å²) in [5.74, 6) is 0.807. The van der Waals surface area contributed by atoms with Crippen LogP contribution in [-0.4, -0.2) is 19.6 Å². The van der Waals surface area contributed by atoms with Crippen LogP contribution in [-0.2, 0) is 12.8 Å². The fourth-order valence-electron chi connectivity index (χ4n) is 3.39. The van der Waals surface area contributed by atoms with Crippen LogP contribution >= 0.6 is 0 Å². The first-order valence-corrected chi connectivity index (χ1v) is 7.31. The molecule has 2 aliphatic rings. The number of benzene rings is 1. The van der Waals surface area contributed by atoms with E-state index >= 15 is 0 Å². The van der Waals surface area contributed by atoms with Crippen LogP contribution in [0.2, 0.25) is 0 Å². The summed E-state index contributed by atoms with van der Waals surface area (Å²) in [5, 5.41) is 0. The average molecular weight is 244 g/mol. The second kappa shape index (κ2) is 4.93. The first-order chi connectivity index (χ1) is 8.72. The standard InChI is InChI=1S/C16H24N2/c1-18(11-12-8-15(17)9-12)16-7-6-13-4-2-3-5-14(13)10-16/h6-7,10,12,15H,2-5,8-9,11,17H2,1H3. The monoisotopic (exact) mass is 244 g/mol. The molecule has 0 saturated heterocycles. The molecule has 2 heteroatoms. The maximum Gasteiger partial charge on any atom is 0.0366 e. The molecular formula is C16H24N2. The van der Waals surface area contributed by atoms with Gasteiger partial charge in [0, 0.05) is 25.3 Å². The SMILES string of the molecule is CN(CC1CC(N)C1)c1ccc2c(c1)CCCC2. The molecule has 0 unspecified atom stereocenters. The molecule has 2 nitrogen and oxygen atoms in total. The number of nitrogens with zero attached hydrogens (tertiary/aromatic N) is 1. The molecule has 2 aliphatic carbocycles. The molecule has 0 spiro atoms. The van der Waals surface area contributed by atoms with Crippen molar-refractivity contribution in [3.05, 3.63) is 29.3 Å². The Morgan fingerprint density at radius 1 is 1.17 bits per heavy atom. The third-order valence-corrected chi connectivity index (χ3v) is 4.58. The van der Waals surface area contributed by atoms with Gasteiger partial charge in [0.1, 0.15) is 0 Å². The van der Waals surface area contributed by atoms with Gasteiger partial charge in [0.2, 0.25) is 0 Å². The molecule has 3 rings (SSSR count). The molecule has 1 saturated carbocycles. The molecule has 0 aliphatic heterocycles. The van der Waals surface area contributed by atoms with Crippen LogP contribution in [0.25, 0.3) is 0 Å². The molecule has 0 radical (unpaired) electrons. The summed E-state index contributed by atoms with van der Waals surface area (Å²) >= 11 is 0. The summed E-state index contributed by atoms with van der Waals surface area (Å²) in [6.45, 7) is 1.16. The van der Waals surface area contributed by atoms with Gasteiger partial charge in [0.15, 0.2) is 0 Å². The minimum Gasteiger partial charge on any atom is -0.374 e. The molecule has 0 heterocycles. The molecular weight excluding hydrogens is 220 g/mol. The molecule has 2 N–H and O–H groups in total. The zero-order chi connectivity index (χ0) is 12.5. The lowest BCUT2D eigenvalue weighted by Crippen LogP contribution is -2.41. The van der Waals surface area contributed by atoms with Crippen molar-refractivity contribution in [3.8, 4) is 0 Å². The lowest BCUT2D eigenvalue weighted by Gasteiger charge is -2.36. The number of fused-ring (bicyclic) bond motifs is 1. The predicted octanol–water partition coefficient (Wildman–Crippen LogP) is 2.74. The number of rotatable bonds is 3. The van der Waals surface area contributed by atoms with Crippen LogP contribution in [0.15, 0.2) is 18.2 Å². The lowest BCUT2D eigenvalue weighted by atomic mass is 9.80. The van der Waals surface area contributed by atoms with Crippen molar-refractivity contribution < 1.29 is 0 Å². The Bertz CT molecular complexity index is 421. The molecule has 18 heavy (non-hydrogen) atoms. The van der Waals surface area contributed by atoms with E-state index in [1.165, 1.54) is 44.2 Å². The van der Waals surface area contributed by atoms with Gasteiger partial charge in [-0.1, -0.05) is 6.07 Å².